The first-order valence-corrected chi connectivity index (χ1v) is 10.9. The zero-order valence-electron chi connectivity index (χ0n) is 18.3. The van der Waals surface area contributed by atoms with Gasteiger partial charge in [0.15, 0.2) is 0 Å². The van der Waals surface area contributed by atoms with Crippen molar-refractivity contribution in [1.82, 2.24) is 14.4 Å². The van der Waals surface area contributed by atoms with Crippen LogP contribution in [0, 0.1) is 0 Å². The van der Waals surface area contributed by atoms with Gasteiger partial charge in [-0.05, 0) is 31.2 Å². The standard InChI is InChI=1S/C23H31N5O3/c1-25-12-8-18-19(24-30)9-13-28(23(29)22(18)25)11-5-10-26-14-16-27(17-15-26)20-6-3-4-7-21(20)31-2/h3-4,6-8,12,30H,5,9-11,13-17H2,1-2H3. The van der Waals surface area contributed by atoms with Crippen LogP contribution in [-0.2, 0) is 7.05 Å². The predicted molar refractivity (Wildman–Crippen MR) is 121 cm³/mol. The van der Waals surface area contributed by atoms with Crippen molar-refractivity contribution >= 4 is 17.3 Å². The molecular formula is C23H31N5O3. The minimum Gasteiger partial charge on any atom is -0.495 e. The summed E-state index contributed by atoms with van der Waals surface area (Å²) in [4.78, 5) is 19.8. The van der Waals surface area contributed by atoms with Crippen molar-refractivity contribution in [2.24, 2.45) is 12.2 Å². The Morgan fingerprint density at radius 2 is 1.84 bits per heavy atom. The molecule has 0 saturated carbocycles. The summed E-state index contributed by atoms with van der Waals surface area (Å²) in [5, 5.41) is 12.8. The highest BCUT2D eigenvalue weighted by atomic mass is 16.5. The molecule has 1 fully saturated rings. The van der Waals surface area contributed by atoms with E-state index in [9.17, 15) is 10.0 Å². The number of carbonyl (C=O) groups is 1. The molecule has 0 aliphatic carbocycles. The molecule has 31 heavy (non-hydrogen) atoms. The zero-order chi connectivity index (χ0) is 21.8. The minimum absolute atomic E-state index is 0.0159. The number of rotatable bonds is 6. The largest absolute Gasteiger partial charge is 0.495 e. The Morgan fingerprint density at radius 1 is 1.06 bits per heavy atom. The van der Waals surface area contributed by atoms with E-state index in [-0.39, 0.29) is 5.91 Å². The lowest BCUT2D eigenvalue weighted by Gasteiger charge is -2.36. The third-order valence-corrected chi connectivity index (χ3v) is 6.31. The number of oxime groups is 1. The molecule has 8 heteroatoms. The molecule has 0 bridgehead atoms. The lowest BCUT2D eigenvalue weighted by molar-refractivity contribution is 0.0745. The highest BCUT2D eigenvalue weighted by Gasteiger charge is 2.28. The third kappa shape index (κ3) is 4.39. The number of para-hydroxylation sites is 2. The number of anilines is 1. The monoisotopic (exact) mass is 425 g/mol. The molecule has 3 heterocycles. The minimum atomic E-state index is 0.0159. The summed E-state index contributed by atoms with van der Waals surface area (Å²) in [5.74, 6) is 0.934. The fourth-order valence-electron chi connectivity index (χ4n) is 4.56. The van der Waals surface area contributed by atoms with Crippen LogP contribution in [0.3, 0.4) is 0 Å². The first kappa shape index (κ1) is 21.2. The molecule has 4 rings (SSSR count). The quantitative estimate of drug-likeness (QED) is 0.568. The van der Waals surface area contributed by atoms with Gasteiger partial charge in [0.1, 0.15) is 11.4 Å². The van der Waals surface area contributed by atoms with Crippen LogP contribution >= 0.6 is 0 Å². The van der Waals surface area contributed by atoms with E-state index in [1.165, 1.54) is 0 Å². The summed E-state index contributed by atoms with van der Waals surface area (Å²) in [6.45, 7) is 6.16. The number of fused-ring (bicyclic) bond motifs is 1. The number of amides is 1. The maximum atomic E-state index is 13.1. The van der Waals surface area contributed by atoms with E-state index >= 15 is 0 Å². The van der Waals surface area contributed by atoms with Crippen molar-refractivity contribution < 1.29 is 14.7 Å². The fourth-order valence-corrected chi connectivity index (χ4v) is 4.56. The molecule has 1 aromatic heterocycles. The molecule has 166 valence electrons. The maximum absolute atomic E-state index is 13.1. The topological polar surface area (TPSA) is 73.5 Å². The average Bonchev–Trinajstić information content (AvgIpc) is 3.12. The van der Waals surface area contributed by atoms with Crippen LogP contribution in [0.15, 0.2) is 41.7 Å². The molecule has 1 N–H and O–H groups in total. The van der Waals surface area contributed by atoms with Crippen molar-refractivity contribution in [1.29, 1.82) is 0 Å². The Hall–Kier alpha value is -3.00. The van der Waals surface area contributed by atoms with E-state index in [0.29, 0.717) is 30.9 Å². The third-order valence-electron chi connectivity index (χ3n) is 6.31. The van der Waals surface area contributed by atoms with Crippen LogP contribution in [-0.4, -0.2) is 84.1 Å². The average molecular weight is 426 g/mol. The van der Waals surface area contributed by atoms with Crippen LogP contribution in [0.25, 0.3) is 0 Å². The molecule has 0 unspecified atom stereocenters. The van der Waals surface area contributed by atoms with Gasteiger partial charge in [-0.25, -0.2) is 0 Å². The molecule has 0 radical (unpaired) electrons. The van der Waals surface area contributed by atoms with Gasteiger partial charge < -0.3 is 24.3 Å². The van der Waals surface area contributed by atoms with Gasteiger partial charge in [-0.3, -0.25) is 9.69 Å². The Bertz CT molecular complexity index is 946. The molecule has 1 aromatic carbocycles. The molecule has 0 atom stereocenters. The number of aryl methyl sites for hydroxylation is 1. The first-order valence-electron chi connectivity index (χ1n) is 10.9. The van der Waals surface area contributed by atoms with Crippen molar-refractivity contribution in [2.75, 3.05) is 57.8 Å². The van der Waals surface area contributed by atoms with Crippen molar-refractivity contribution in [3.05, 3.63) is 47.8 Å². The van der Waals surface area contributed by atoms with Crippen molar-refractivity contribution in [3.63, 3.8) is 0 Å². The van der Waals surface area contributed by atoms with Gasteiger partial charge in [0.05, 0.1) is 18.5 Å². The number of piperazine rings is 1. The summed E-state index contributed by atoms with van der Waals surface area (Å²) in [5.41, 5.74) is 3.08. The molecule has 2 aliphatic rings. The van der Waals surface area contributed by atoms with Gasteiger partial charge in [-0.15, -0.1) is 0 Å². The molecular weight excluding hydrogens is 394 g/mol. The lowest BCUT2D eigenvalue weighted by Crippen LogP contribution is -2.47. The Balaban J connectivity index is 1.29. The van der Waals surface area contributed by atoms with E-state index in [0.717, 1.165) is 56.1 Å². The normalized spacial score (nSPS) is 18.9. The van der Waals surface area contributed by atoms with E-state index in [4.69, 9.17) is 4.74 Å². The number of ether oxygens (including phenoxy) is 1. The second kappa shape index (κ2) is 9.43. The van der Waals surface area contributed by atoms with Crippen LogP contribution in [0.2, 0.25) is 0 Å². The second-order valence-electron chi connectivity index (χ2n) is 8.13. The Kier molecular flexibility index (Phi) is 6.46. The number of carbonyl (C=O) groups excluding carboxylic acids is 1. The fraction of sp³-hybridized carbons (Fsp3) is 0.478. The highest BCUT2D eigenvalue weighted by molar-refractivity contribution is 6.11. The van der Waals surface area contributed by atoms with Crippen molar-refractivity contribution in [2.45, 2.75) is 12.8 Å². The van der Waals surface area contributed by atoms with Gasteiger partial charge in [0.2, 0.25) is 0 Å². The Morgan fingerprint density at radius 3 is 2.58 bits per heavy atom. The van der Waals surface area contributed by atoms with Gasteiger partial charge in [0.25, 0.3) is 5.91 Å². The lowest BCUT2D eigenvalue weighted by atomic mass is 10.1. The molecule has 1 saturated heterocycles. The molecule has 1 amide bonds. The number of aromatic nitrogens is 1. The van der Waals surface area contributed by atoms with Gasteiger partial charge in [-0.2, -0.15) is 0 Å². The van der Waals surface area contributed by atoms with Crippen LogP contribution in [0.4, 0.5) is 5.69 Å². The van der Waals surface area contributed by atoms with Crippen LogP contribution in [0.1, 0.15) is 28.9 Å². The van der Waals surface area contributed by atoms with Gasteiger partial charge in [-0.1, -0.05) is 17.3 Å². The highest BCUT2D eigenvalue weighted by Crippen LogP contribution is 2.28. The van der Waals surface area contributed by atoms with Gasteiger partial charge in [0, 0.05) is 64.5 Å². The summed E-state index contributed by atoms with van der Waals surface area (Å²) < 4.78 is 7.32. The predicted octanol–water partition coefficient (Wildman–Crippen LogP) is 2.27. The van der Waals surface area contributed by atoms with E-state index in [2.05, 4.69) is 21.0 Å². The summed E-state index contributed by atoms with van der Waals surface area (Å²) in [6.07, 6.45) is 3.33. The number of benzene rings is 1. The number of nitrogens with zero attached hydrogens (tertiary/aromatic N) is 5. The van der Waals surface area contributed by atoms with Crippen LogP contribution in [0.5, 0.6) is 5.75 Å². The molecule has 8 nitrogen and oxygen atoms in total. The SMILES string of the molecule is COc1ccccc1N1CCN(CCCN2CCC(=NO)c3ccn(C)c3C2=O)CC1. The van der Waals surface area contributed by atoms with Gasteiger partial charge >= 0.3 is 0 Å². The number of hydrogen-bond donors (Lipinski definition) is 1. The molecule has 2 aromatic rings. The summed E-state index contributed by atoms with van der Waals surface area (Å²) in [6, 6.07) is 10.0. The first-order chi connectivity index (χ1) is 15.1. The van der Waals surface area contributed by atoms with Crippen molar-refractivity contribution in [3.8, 4) is 5.75 Å². The maximum Gasteiger partial charge on any atom is 0.271 e. The van der Waals surface area contributed by atoms with E-state index in [1.54, 1.807) is 7.11 Å². The smallest absolute Gasteiger partial charge is 0.271 e. The zero-order valence-corrected chi connectivity index (χ0v) is 18.3. The van der Waals surface area contributed by atoms with Crippen LogP contribution < -0.4 is 9.64 Å². The molecule has 0 spiro atoms. The summed E-state index contributed by atoms with van der Waals surface area (Å²) >= 11 is 0. The summed E-state index contributed by atoms with van der Waals surface area (Å²) in [7, 11) is 3.57. The molecule has 2 aliphatic heterocycles. The Labute approximate surface area is 183 Å². The second-order valence-corrected chi connectivity index (χ2v) is 8.13. The van der Waals surface area contributed by atoms with E-state index < -0.39 is 0 Å². The van der Waals surface area contributed by atoms with E-state index in [1.807, 2.05) is 47.0 Å². The number of hydrogen-bond acceptors (Lipinski definition) is 6. The number of methoxy groups -OCH3 is 1.